The van der Waals surface area contributed by atoms with E-state index in [1.165, 1.54) is 11.1 Å². The van der Waals surface area contributed by atoms with Crippen molar-refractivity contribution >= 4 is 17.5 Å². The summed E-state index contributed by atoms with van der Waals surface area (Å²) in [5, 5.41) is 3.65. The molecule has 0 bridgehead atoms. The Kier molecular flexibility index (Phi) is 5.03. The average Bonchev–Trinajstić information content (AvgIpc) is 2.44. The summed E-state index contributed by atoms with van der Waals surface area (Å²) in [5.41, 5.74) is 4.46. The molecule has 0 aromatic heterocycles. The van der Waals surface area contributed by atoms with Crippen LogP contribution in [-0.4, -0.2) is 5.91 Å². The summed E-state index contributed by atoms with van der Waals surface area (Å²) in [4.78, 5) is 12.1. The Labute approximate surface area is 131 Å². The first-order chi connectivity index (χ1) is 9.97. The molecule has 21 heavy (non-hydrogen) atoms. The van der Waals surface area contributed by atoms with Crippen molar-refractivity contribution < 1.29 is 4.79 Å². The van der Waals surface area contributed by atoms with Crippen LogP contribution in [0.4, 0.5) is 0 Å². The van der Waals surface area contributed by atoms with Crippen LogP contribution >= 0.6 is 11.6 Å². The molecular weight excluding hydrogens is 282 g/mol. The topological polar surface area (TPSA) is 29.1 Å². The van der Waals surface area contributed by atoms with Gasteiger partial charge in [-0.1, -0.05) is 48.0 Å². The van der Waals surface area contributed by atoms with Crippen LogP contribution in [-0.2, 0) is 11.2 Å². The standard InChI is InChI=1S/C18H20ClNO/c1-12-8-9-15(10-13(12)2)14(3)20-18(21)11-16-6-4-5-7-17(16)19/h4-10,14H,11H2,1-3H3,(H,20,21)/t14-/m1/s1. The molecule has 0 saturated heterocycles. The van der Waals surface area contributed by atoms with Crippen LogP contribution in [0.15, 0.2) is 42.5 Å². The number of aryl methyl sites for hydroxylation is 2. The normalized spacial score (nSPS) is 12.0. The number of halogens is 1. The lowest BCUT2D eigenvalue weighted by Crippen LogP contribution is -2.28. The van der Waals surface area contributed by atoms with Crippen LogP contribution in [0, 0.1) is 13.8 Å². The molecule has 2 rings (SSSR count). The second-order valence-corrected chi connectivity index (χ2v) is 5.81. The van der Waals surface area contributed by atoms with Gasteiger partial charge in [0.1, 0.15) is 0 Å². The molecule has 1 amide bonds. The summed E-state index contributed by atoms with van der Waals surface area (Å²) < 4.78 is 0. The Morgan fingerprint density at radius 3 is 2.52 bits per heavy atom. The van der Waals surface area contributed by atoms with Crippen molar-refractivity contribution in [2.24, 2.45) is 0 Å². The zero-order valence-electron chi connectivity index (χ0n) is 12.6. The van der Waals surface area contributed by atoms with Crippen molar-refractivity contribution in [1.82, 2.24) is 5.32 Å². The molecule has 0 unspecified atom stereocenters. The molecule has 0 saturated carbocycles. The van der Waals surface area contributed by atoms with E-state index >= 15 is 0 Å². The minimum atomic E-state index is -0.0196. The molecule has 0 aliphatic carbocycles. The third-order valence-electron chi connectivity index (χ3n) is 3.72. The fourth-order valence-corrected chi connectivity index (χ4v) is 2.43. The van der Waals surface area contributed by atoms with Crippen LogP contribution in [0.2, 0.25) is 5.02 Å². The third-order valence-corrected chi connectivity index (χ3v) is 4.09. The molecule has 0 aliphatic rings. The van der Waals surface area contributed by atoms with E-state index in [0.717, 1.165) is 11.1 Å². The molecule has 110 valence electrons. The maximum absolute atomic E-state index is 12.1. The average molecular weight is 302 g/mol. The minimum absolute atomic E-state index is 0.0145. The smallest absolute Gasteiger partial charge is 0.224 e. The summed E-state index contributed by atoms with van der Waals surface area (Å²) >= 11 is 6.08. The lowest BCUT2D eigenvalue weighted by molar-refractivity contribution is -0.121. The molecule has 0 aliphatic heterocycles. The van der Waals surface area contributed by atoms with Crippen LogP contribution in [0.5, 0.6) is 0 Å². The molecule has 0 fully saturated rings. The molecule has 0 spiro atoms. The van der Waals surface area contributed by atoms with E-state index in [1.54, 1.807) is 6.07 Å². The van der Waals surface area contributed by atoms with Gasteiger partial charge in [-0.15, -0.1) is 0 Å². The Morgan fingerprint density at radius 1 is 1.14 bits per heavy atom. The molecule has 1 atom stereocenters. The molecule has 2 aromatic carbocycles. The Hall–Kier alpha value is -1.80. The van der Waals surface area contributed by atoms with E-state index in [1.807, 2.05) is 25.1 Å². The van der Waals surface area contributed by atoms with E-state index in [-0.39, 0.29) is 11.9 Å². The van der Waals surface area contributed by atoms with Crippen LogP contribution in [0.1, 0.15) is 35.2 Å². The van der Waals surface area contributed by atoms with Crippen LogP contribution < -0.4 is 5.32 Å². The summed E-state index contributed by atoms with van der Waals surface area (Å²) in [6.07, 6.45) is 0.300. The van der Waals surface area contributed by atoms with Crippen LogP contribution in [0.3, 0.4) is 0 Å². The lowest BCUT2D eigenvalue weighted by atomic mass is 10.0. The van der Waals surface area contributed by atoms with E-state index < -0.39 is 0 Å². The molecule has 0 heterocycles. The molecule has 0 radical (unpaired) electrons. The summed E-state index contributed by atoms with van der Waals surface area (Å²) in [6, 6.07) is 13.7. The van der Waals surface area contributed by atoms with Gasteiger partial charge in [0.2, 0.25) is 5.91 Å². The fraction of sp³-hybridized carbons (Fsp3) is 0.278. The van der Waals surface area contributed by atoms with Gasteiger partial charge in [0, 0.05) is 5.02 Å². The highest BCUT2D eigenvalue weighted by Crippen LogP contribution is 2.18. The predicted octanol–water partition coefficient (Wildman–Crippen LogP) is 4.38. The zero-order chi connectivity index (χ0) is 15.4. The van der Waals surface area contributed by atoms with Gasteiger partial charge in [-0.05, 0) is 49.1 Å². The highest BCUT2D eigenvalue weighted by Gasteiger charge is 2.12. The van der Waals surface area contributed by atoms with Gasteiger partial charge in [0.15, 0.2) is 0 Å². The number of carbonyl (C=O) groups is 1. The SMILES string of the molecule is Cc1ccc([C@@H](C)NC(=O)Cc2ccccc2Cl)cc1C. The van der Waals surface area contributed by atoms with Crippen molar-refractivity contribution in [3.8, 4) is 0 Å². The predicted molar refractivity (Wildman–Crippen MR) is 87.6 cm³/mol. The monoisotopic (exact) mass is 301 g/mol. The second-order valence-electron chi connectivity index (χ2n) is 5.40. The van der Waals surface area contributed by atoms with Gasteiger partial charge < -0.3 is 5.32 Å². The molecular formula is C18H20ClNO. The molecule has 2 aromatic rings. The first-order valence-corrected chi connectivity index (χ1v) is 7.45. The maximum atomic E-state index is 12.1. The quantitative estimate of drug-likeness (QED) is 0.892. The van der Waals surface area contributed by atoms with Crippen molar-refractivity contribution in [3.63, 3.8) is 0 Å². The number of carbonyl (C=O) groups excluding carboxylic acids is 1. The van der Waals surface area contributed by atoms with E-state index in [4.69, 9.17) is 11.6 Å². The second kappa shape index (κ2) is 6.77. The first-order valence-electron chi connectivity index (χ1n) is 7.07. The maximum Gasteiger partial charge on any atom is 0.224 e. The van der Waals surface area contributed by atoms with Gasteiger partial charge >= 0.3 is 0 Å². The molecule has 2 nitrogen and oxygen atoms in total. The number of hydrogen-bond donors (Lipinski definition) is 1. The summed E-state index contributed by atoms with van der Waals surface area (Å²) in [6.45, 7) is 6.16. The van der Waals surface area contributed by atoms with Gasteiger partial charge in [0.05, 0.1) is 12.5 Å². The zero-order valence-corrected chi connectivity index (χ0v) is 13.4. The minimum Gasteiger partial charge on any atom is -0.349 e. The lowest BCUT2D eigenvalue weighted by Gasteiger charge is -2.16. The number of benzene rings is 2. The third kappa shape index (κ3) is 4.08. The highest BCUT2D eigenvalue weighted by atomic mass is 35.5. The van der Waals surface area contributed by atoms with Crippen molar-refractivity contribution in [2.75, 3.05) is 0 Å². The van der Waals surface area contributed by atoms with Crippen molar-refractivity contribution in [2.45, 2.75) is 33.2 Å². The Morgan fingerprint density at radius 2 is 1.86 bits per heavy atom. The first kappa shape index (κ1) is 15.6. The van der Waals surface area contributed by atoms with E-state index in [2.05, 4.69) is 37.4 Å². The number of amides is 1. The van der Waals surface area contributed by atoms with Gasteiger partial charge in [-0.2, -0.15) is 0 Å². The Bertz CT molecular complexity index is 651. The highest BCUT2D eigenvalue weighted by molar-refractivity contribution is 6.31. The van der Waals surface area contributed by atoms with Gasteiger partial charge in [-0.25, -0.2) is 0 Å². The summed E-state index contributed by atoms with van der Waals surface area (Å²) in [5.74, 6) is -0.0196. The van der Waals surface area contributed by atoms with Crippen molar-refractivity contribution in [1.29, 1.82) is 0 Å². The van der Waals surface area contributed by atoms with E-state index in [0.29, 0.717) is 11.4 Å². The number of nitrogens with one attached hydrogen (secondary N) is 1. The van der Waals surface area contributed by atoms with Crippen molar-refractivity contribution in [3.05, 3.63) is 69.7 Å². The van der Waals surface area contributed by atoms with Gasteiger partial charge in [-0.3, -0.25) is 4.79 Å². The molecule has 1 N–H and O–H groups in total. The number of rotatable bonds is 4. The van der Waals surface area contributed by atoms with E-state index in [9.17, 15) is 4.79 Å². The largest absolute Gasteiger partial charge is 0.349 e. The fourth-order valence-electron chi connectivity index (χ4n) is 2.22. The summed E-state index contributed by atoms with van der Waals surface area (Å²) in [7, 11) is 0. The molecule has 3 heteroatoms. The van der Waals surface area contributed by atoms with Gasteiger partial charge in [0.25, 0.3) is 0 Å². The Balaban J connectivity index is 2.02. The number of hydrogen-bond acceptors (Lipinski definition) is 1. The van der Waals surface area contributed by atoms with Crippen LogP contribution in [0.25, 0.3) is 0 Å².